The van der Waals surface area contributed by atoms with E-state index in [1.54, 1.807) is 0 Å². The van der Waals surface area contributed by atoms with Crippen LogP contribution in [0.25, 0.3) is 55.6 Å². The fourth-order valence-corrected chi connectivity index (χ4v) is 12.5. The number of hydrogen-bond donors (Lipinski definition) is 0. The Bertz CT molecular complexity index is 3500. The van der Waals surface area contributed by atoms with Crippen molar-refractivity contribution >= 4 is 17.1 Å². The van der Waals surface area contributed by atoms with Gasteiger partial charge in [-0.2, -0.15) is 0 Å². The topological polar surface area (TPSA) is 3.24 Å². The van der Waals surface area contributed by atoms with Crippen molar-refractivity contribution in [2.24, 2.45) is 0 Å². The molecule has 3 aliphatic rings. The van der Waals surface area contributed by atoms with Crippen molar-refractivity contribution in [1.29, 1.82) is 0 Å². The van der Waals surface area contributed by atoms with E-state index in [9.17, 15) is 0 Å². The van der Waals surface area contributed by atoms with Crippen LogP contribution in [0.3, 0.4) is 0 Å². The second-order valence-corrected chi connectivity index (χ2v) is 20.1. The minimum Gasteiger partial charge on any atom is -0.310 e. The molecule has 324 valence electrons. The molecule has 0 aromatic heterocycles. The maximum Gasteiger partial charge on any atom is 0.0719 e. The van der Waals surface area contributed by atoms with Gasteiger partial charge in [0, 0.05) is 27.9 Å². The fraction of sp³-hybridized carbons (Fsp3) is 0.104. The van der Waals surface area contributed by atoms with Crippen molar-refractivity contribution in [2.75, 3.05) is 4.90 Å². The number of nitrogens with zero attached hydrogens (tertiary/aromatic N) is 1. The van der Waals surface area contributed by atoms with E-state index in [2.05, 4.69) is 269 Å². The molecule has 0 heterocycles. The lowest BCUT2D eigenvalue weighted by atomic mass is 9.55. The average molecular weight is 870 g/mol. The molecule has 1 nitrogen and oxygen atoms in total. The quantitative estimate of drug-likeness (QED) is 0.161. The van der Waals surface area contributed by atoms with Gasteiger partial charge in [-0.15, -0.1) is 0 Å². The lowest BCUT2D eigenvalue weighted by Crippen LogP contribution is -2.40. The van der Waals surface area contributed by atoms with Gasteiger partial charge in [0.15, 0.2) is 0 Å². The molecule has 0 bridgehead atoms. The summed E-state index contributed by atoms with van der Waals surface area (Å²) >= 11 is 0. The van der Waals surface area contributed by atoms with Gasteiger partial charge >= 0.3 is 0 Å². The lowest BCUT2D eigenvalue weighted by Gasteiger charge is -2.46. The molecule has 0 radical (unpaired) electrons. The highest BCUT2D eigenvalue weighted by atomic mass is 15.1. The summed E-state index contributed by atoms with van der Waals surface area (Å²) in [6.07, 6.45) is 0. The fourth-order valence-electron chi connectivity index (χ4n) is 12.5. The molecule has 0 saturated carbocycles. The van der Waals surface area contributed by atoms with Gasteiger partial charge in [0.25, 0.3) is 0 Å². The van der Waals surface area contributed by atoms with Gasteiger partial charge in [0.05, 0.1) is 5.41 Å². The number of hydrogen-bond acceptors (Lipinski definition) is 1. The van der Waals surface area contributed by atoms with E-state index in [1.807, 2.05) is 0 Å². The molecule has 10 aromatic rings. The van der Waals surface area contributed by atoms with Crippen LogP contribution in [0.15, 0.2) is 237 Å². The zero-order chi connectivity index (χ0) is 45.8. The van der Waals surface area contributed by atoms with Gasteiger partial charge in [0.1, 0.15) is 0 Å². The maximum atomic E-state index is 2.50. The van der Waals surface area contributed by atoms with Crippen molar-refractivity contribution in [2.45, 2.75) is 43.9 Å². The standard InChI is InChI=1S/C67H51N/c1-65(2)57-25-13-11-23-53(57)55-38-36-51(43-63(55)65)68(52-40-48(44-19-7-5-8-20-44)39-49(41-52)45-21-9-6-10-22-45)50-34-31-46(32-35-50)47-33-37-56-54-24-12-14-26-58(54)67(64(56)42-47)61-29-17-15-27-59(61)66(3,4)60-28-16-18-30-62(60)67/h5-43H,1-4H3. The van der Waals surface area contributed by atoms with Crippen LogP contribution in [0.1, 0.15) is 72.2 Å². The molecule has 0 fully saturated rings. The van der Waals surface area contributed by atoms with Gasteiger partial charge in [0.2, 0.25) is 0 Å². The summed E-state index contributed by atoms with van der Waals surface area (Å²) in [5.74, 6) is 0. The van der Waals surface area contributed by atoms with Gasteiger partial charge in [-0.3, -0.25) is 0 Å². The number of fused-ring (bicyclic) bond motifs is 12. The molecule has 13 rings (SSSR count). The third-order valence-corrected chi connectivity index (χ3v) is 15.7. The van der Waals surface area contributed by atoms with Crippen LogP contribution in [0.5, 0.6) is 0 Å². The van der Waals surface area contributed by atoms with Crippen LogP contribution in [0.2, 0.25) is 0 Å². The zero-order valence-electron chi connectivity index (χ0n) is 39.0. The van der Waals surface area contributed by atoms with Crippen LogP contribution in [0.4, 0.5) is 17.1 Å². The second-order valence-electron chi connectivity index (χ2n) is 20.1. The van der Waals surface area contributed by atoms with Crippen molar-refractivity contribution in [3.63, 3.8) is 0 Å². The zero-order valence-corrected chi connectivity index (χ0v) is 39.0. The summed E-state index contributed by atoms with van der Waals surface area (Å²) in [6.45, 7) is 9.52. The average Bonchev–Trinajstić information content (AvgIpc) is 3.81. The normalized spacial score (nSPS) is 14.8. The third kappa shape index (κ3) is 5.82. The van der Waals surface area contributed by atoms with Crippen LogP contribution in [0, 0.1) is 0 Å². The summed E-state index contributed by atoms with van der Waals surface area (Å²) in [4.78, 5) is 2.47. The van der Waals surface area contributed by atoms with Crippen LogP contribution >= 0.6 is 0 Å². The van der Waals surface area contributed by atoms with Crippen molar-refractivity contribution in [3.8, 4) is 55.6 Å². The summed E-state index contributed by atoms with van der Waals surface area (Å²) in [6, 6.07) is 88.7. The van der Waals surface area contributed by atoms with E-state index in [-0.39, 0.29) is 10.8 Å². The van der Waals surface area contributed by atoms with Gasteiger partial charge in [-0.1, -0.05) is 216 Å². The highest BCUT2D eigenvalue weighted by Crippen LogP contribution is 2.62. The predicted molar refractivity (Wildman–Crippen MR) is 284 cm³/mol. The van der Waals surface area contributed by atoms with Crippen LogP contribution in [-0.2, 0) is 16.2 Å². The molecule has 68 heavy (non-hydrogen) atoms. The first-order valence-electron chi connectivity index (χ1n) is 24.1. The van der Waals surface area contributed by atoms with E-state index < -0.39 is 5.41 Å². The summed E-state index contributed by atoms with van der Waals surface area (Å²) in [5.41, 5.74) is 26.0. The molecule has 10 aromatic carbocycles. The molecule has 0 N–H and O–H groups in total. The van der Waals surface area contributed by atoms with E-state index in [0.29, 0.717) is 0 Å². The summed E-state index contributed by atoms with van der Waals surface area (Å²) in [7, 11) is 0. The molecule has 1 spiro atoms. The molecule has 0 atom stereocenters. The Morgan fingerprint density at radius 3 is 1.25 bits per heavy atom. The smallest absolute Gasteiger partial charge is 0.0719 e. The second kappa shape index (κ2) is 15.0. The molecule has 3 aliphatic carbocycles. The molecule has 0 aliphatic heterocycles. The first-order chi connectivity index (χ1) is 33.2. The molecular weight excluding hydrogens is 819 g/mol. The van der Waals surface area contributed by atoms with Crippen molar-refractivity contribution < 1.29 is 0 Å². The SMILES string of the molecule is CC1(C)c2ccccc2-c2ccc(N(c3ccc(-c4ccc5c(c4)C4(c6ccccc6-5)c5ccccc5C(C)(C)c5ccccc54)cc3)c3cc(-c4ccccc4)cc(-c4ccccc4)c3)cc21. The monoisotopic (exact) mass is 869 g/mol. The Balaban J connectivity index is 0.986. The van der Waals surface area contributed by atoms with Crippen molar-refractivity contribution in [3.05, 3.63) is 281 Å². The van der Waals surface area contributed by atoms with Gasteiger partial charge in [-0.25, -0.2) is 0 Å². The van der Waals surface area contributed by atoms with E-state index >= 15 is 0 Å². The lowest BCUT2D eigenvalue weighted by molar-refractivity contribution is 0.563. The Labute approximate surface area is 400 Å². The summed E-state index contributed by atoms with van der Waals surface area (Å²) in [5, 5.41) is 0. The Morgan fingerprint density at radius 2 is 0.647 bits per heavy atom. The predicted octanol–water partition coefficient (Wildman–Crippen LogP) is 17.5. The van der Waals surface area contributed by atoms with E-state index in [1.165, 1.54) is 100 Å². The van der Waals surface area contributed by atoms with Gasteiger partial charge < -0.3 is 4.90 Å². The Morgan fingerprint density at radius 1 is 0.235 bits per heavy atom. The summed E-state index contributed by atoms with van der Waals surface area (Å²) < 4.78 is 0. The minimum absolute atomic E-state index is 0.141. The van der Waals surface area contributed by atoms with Crippen LogP contribution in [-0.4, -0.2) is 0 Å². The third-order valence-electron chi connectivity index (χ3n) is 15.7. The maximum absolute atomic E-state index is 2.50. The van der Waals surface area contributed by atoms with E-state index in [0.717, 1.165) is 17.1 Å². The molecule has 0 saturated heterocycles. The first kappa shape index (κ1) is 40.3. The molecule has 0 unspecified atom stereocenters. The highest BCUT2D eigenvalue weighted by molar-refractivity contribution is 5.92. The Hall–Kier alpha value is -8.00. The molecular formula is C67H51N. The largest absolute Gasteiger partial charge is 0.310 e. The van der Waals surface area contributed by atoms with E-state index in [4.69, 9.17) is 0 Å². The molecule has 1 heteroatoms. The Kier molecular flexibility index (Phi) is 8.89. The number of anilines is 3. The van der Waals surface area contributed by atoms with Crippen LogP contribution < -0.4 is 4.90 Å². The minimum atomic E-state index is -0.442. The van der Waals surface area contributed by atoms with Crippen molar-refractivity contribution in [1.82, 2.24) is 0 Å². The number of benzene rings is 10. The van der Waals surface area contributed by atoms with Gasteiger partial charge in [-0.05, 0) is 149 Å². The molecule has 0 amide bonds. The highest BCUT2D eigenvalue weighted by Gasteiger charge is 2.53. The number of rotatable bonds is 6. The first-order valence-corrected chi connectivity index (χ1v) is 24.1.